The lowest BCUT2D eigenvalue weighted by atomic mass is 10.1. The Morgan fingerprint density at radius 1 is 1.24 bits per heavy atom. The van der Waals surface area contributed by atoms with E-state index in [1.807, 2.05) is 12.3 Å². The molecule has 0 radical (unpaired) electrons. The van der Waals surface area contributed by atoms with Crippen LogP contribution in [0.2, 0.25) is 0 Å². The predicted octanol–water partition coefficient (Wildman–Crippen LogP) is 3.99. The lowest BCUT2D eigenvalue weighted by Gasteiger charge is -2.12. The van der Waals surface area contributed by atoms with Crippen molar-refractivity contribution in [3.05, 3.63) is 69.1 Å². The number of nitro groups is 1. The van der Waals surface area contributed by atoms with E-state index in [2.05, 4.69) is 5.32 Å². The molecule has 0 aromatic heterocycles. The van der Waals surface area contributed by atoms with Gasteiger partial charge in [-0.3, -0.25) is 29.4 Å². The van der Waals surface area contributed by atoms with Crippen LogP contribution in [0.3, 0.4) is 0 Å². The molecular formula is C19H15N3O5S2. The quantitative estimate of drug-likeness (QED) is 0.320. The molecule has 148 valence electrons. The third kappa shape index (κ3) is 4.84. The minimum atomic E-state index is -0.661. The maximum absolute atomic E-state index is 12.6. The van der Waals surface area contributed by atoms with Crippen molar-refractivity contribution in [2.24, 2.45) is 0 Å². The van der Waals surface area contributed by atoms with Crippen molar-refractivity contribution in [3.8, 4) is 0 Å². The lowest BCUT2D eigenvalue weighted by molar-refractivity contribution is -0.385. The Bertz CT molecular complexity index is 1040. The van der Waals surface area contributed by atoms with Crippen molar-refractivity contribution in [1.29, 1.82) is 0 Å². The van der Waals surface area contributed by atoms with Crippen LogP contribution in [-0.4, -0.2) is 39.7 Å². The van der Waals surface area contributed by atoms with Crippen LogP contribution in [0, 0.1) is 10.1 Å². The average Bonchev–Trinajstić information content (AvgIpc) is 2.95. The normalized spacial score (nSPS) is 15.1. The number of carbonyl (C=O) groups is 3. The summed E-state index contributed by atoms with van der Waals surface area (Å²) in [6.07, 6.45) is 3.20. The van der Waals surface area contributed by atoms with Gasteiger partial charge in [0.2, 0.25) is 5.91 Å². The fraction of sp³-hybridized carbons (Fsp3) is 0.105. The van der Waals surface area contributed by atoms with Crippen molar-refractivity contribution in [1.82, 2.24) is 4.90 Å². The summed E-state index contributed by atoms with van der Waals surface area (Å²) in [7, 11) is 0. The van der Waals surface area contributed by atoms with Gasteiger partial charge in [-0.15, -0.1) is 11.8 Å². The molecule has 3 amide bonds. The number of anilines is 1. The topological polar surface area (TPSA) is 110 Å². The summed E-state index contributed by atoms with van der Waals surface area (Å²) < 4.78 is 0. The second-order valence-corrected chi connectivity index (χ2v) is 7.74. The number of nitro benzene ring substituents is 1. The van der Waals surface area contributed by atoms with Crippen molar-refractivity contribution in [2.75, 3.05) is 18.1 Å². The highest BCUT2D eigenvalue weighted by molar-refractivity contribution is 8.18. The van der Waals surface area contributed by atoms with Gasteiger partial charge in [0.1, 0.15) is 6.54 Å². The Hall–Kier alpha value is -3.11. The molecule has 1 aliphatic heterocycles. The summed E-state index contributed by atoms with van der Waals surface area (Å²) in [5.74, 6) is -1.18. The number of hydrogen-bond acceptors (Lipinski definition) is 7. The molecule has 8 nitrogen and oxygen atoms in total. The highest BCUT2D eigenvalue weighted by Crippen LogP contribution is 2.33. The van der Waals surface area contributed by atoms with Crippen LogP contribution in [0.4, 0.5) is 16.2 Å². The fourth-order valence-corrected chi connectivity index (χ4v) is 3.89. The fourth-order valence-electron chi connectivity index (χ4n) is 2.60. The Kier molecular flexibility index (Phi) is 6.35. The number of imide groups is 1. The Morgan fingerprint density at radius 2 is 2.00 bits per heavy atom. The highest BCUT2D eigenvalue weighted by atomic mass is 32.2. The molecule has 2 aromatic carbocycles. The molecule has 1 heterocycles. The summed E-state index contributed by atoms with van der Waals surface area (Å²) in [6, 6.07) is 13.1. The van der Waals surface area contributed by atoms with Gasteiger partial charge in [0, 0.05) is 16.6 Å². The van der Waals surface area contributed by atoms with Crippen LogP contribution in [0.5, 0.6) is 0 Å². The van der Waals surface area contributed by atoms with Gasteiger partial charge in [-0.2, -0.15) is 0 Å². The molecule has 0 spiro atoms. The van der Waals surface area contributed by atoms with Gasteiger partial charge in [-0.05, 0) is 48.4 Å². The average molecular weight is 429 g/mol. The first kappa shape index (κ1) is 20.6. The number of nitrogens with one attached hydrogen (secondary N) is 1. The highest BCUT2D eigenvalue weighted by Gasteiger charge is 2.36. The number of thioether (sulfide) groups is 2. The number of hydrogen-bond donors (Lipinski definition) is 1. The van der Waals surface area contributed by atoms with E-state index < -0.39 is 28.5 Å². The van der Waals surface area contributed by atoms with Gasteiger partial charge < -0.3 is 5.32 Å². The second kappa shape index (κ2) is 8.93. The molecule has 0 aliphatic carbocycles. The van der Waals surface area contributed by atoms with Crippen LogP contribution < -0.4 is 5.32 Å². The summed E-state index contributed by atoms with van der Waals surface area (Å²) in [6.45, 7) is -0.442. The number of carbonyl (C=O) groups excluding carboxylic acids is 3. The first-order chi connectivity index (χ1) is 13.9. The lowest BCUT2D eigenvalue weighted by Crippen LogP contribution is -2.36. The number of para-hydroxylation sites is 1. The van der Waals surface area contributed by atoms with Crippen LogP contribution in [-0.2, 0) is 9.59 Å². The zero-order chi connectivity index (χ0) is 21.0. The third-order valence-corrected chi connectivity index (χ3v) is 5.58. The molecule has 10 heteroatoms. The van der Waals surface area contributed by atoms with Gasteiger partial charge in [-0.25, -0.2) is 0 Å². The predicted molar refractivity (Wildman–Crippen MR) is 113 cm³/mol. The van der Waals surface area contributed by atoms with E-state index in [0.29, 0.717) is 17.4 Å². The van der Waals surface area contributed by atoms with E-state index in [9.17, 15) is 24.5 Å². The number of rotatable bonds is 6. The van der Waals surface area contributed by atoms with Gasteiger partial charge in [0.15, 0.2) is 0 Å². The van der Waals surface area contributed by atoms with E-state index in [1.165, 1.54) is 36.0 Å². The van der Waals surface area contributed by atoms with E-state index in [4.69, 9.17) is 0 Å². The molecule has 1 fully saturated rings. The zero-order valence-electron chi connectivity index (χ0n) is 15.2. The summed E-state index contributed by atoms with van der Waals surface area (Å²) >= 11 is 2.16. The summed E-state index contributed by atoms with van der Waals surface area (Å²) in [4.78, 5) is 49.4. The Morgan fingerprint density at radius 3 is 2.72 bits per heavy atom. The van der Waals surface area contributed by atoms with Crippen LogP contribution in [0.15, 0.2) is 58.3 Å². The van der Waals surface area contributed by atoms with Crippen molar-refractivity contribution >= 4 is 58.0 Å². The molecule has 2 aromatic rings. The summed E-state index contributed by atoms with van der Waals surface area (Å²) in [5.41, 5.74) is 0.594. The van der Waals surface area contributed by atoms with Crippen LogP contribution >= 0.6 is 23.5 Å². The smallest absolute Gasteiger partial charge is 0.294 e. The standard InChI is InChI=1S/C19H15N3O5S2/c1-28-14-7-4-6-13(10-14)20-17(23)11-21-18(24)16(29-19(21)25)9-12-5-2-3-8-15(12)22(26)27/h2-10H,11H2,1H3,(H,20,23)/b16-9+. The Labute approximate surface area is 174 Å². The van der Waals surface area contributed by atoms with Crippen molar-refractivity contribution in [3.63, 3.8) is 0 Å². The minimum Gasteiger partial charge on any atom is -0.324 e. The van der Waals surface area contributed by atoms with Gasteiger partial charge in [0.05, 0.1) is 15.4 Å². The largest absolute Gasteiger partial charge is 0.324 e. The van der Waals surface area contributed by atoms with E-state index in [0.717, 1.165) is 9.80 Å². The Balaban J connectivity index is 1.74. The second-order valence-electron chi connectivity index (χ2n) is 5.86. The van der Waals surface area contributed by atoms with Crippen LogP contribution in [0.25, 0.3) is 6.08 Å². The van der Waals surface area contributed by atoms with Crippen molar-refractivity contribution in [2.45, 2.75) is 4.90 Å². The maximum atomic E-state index is 12.6. The van der Waals surface area contributed by atoms with Crippen molar-refractivity contribution < 1.29 is 19.3 Å². The van der Waals surface area contributed by atoms with Gasteiger partial charge in [0.25, 0.3) is 16.8 Å². The molecule has 0 saturated carbocycles. The minimum absolute atomic E-state index is 0.0291. The third-order valence-electron chi connectivity index (χ3n) is 3.95. The van der Waals surface area contributed by atoms with E-state index in [1.54, 1.807) is 24.3 Å². The van der Waals surface area contributed by atoms with E-state index >= 15 is 0 Å². The number of benzene rings is 2. The molecule has 0 atom stereocenters. The molecule has 0 bridgehead atoms. The molecule has 3 rings (SSSR count). The molecule has 1 saturated heterocycles. The monoisotopic (exact) mass is 429 g/mol. The first-order valence-electron chi connectivity index (χ1n) is 8.31. The van der Waals surface area contributed by atoms with E-state index in [-0.39, 0.29) is 16.2 Å². The molecular weight excluding hydrogens is 414 g/mol. The molecule has 0 unspecified atom stereocenters. The molecule has 1 aliphatic rings. The zero-order valence-corrected chi connectivity index (χ0v) is 16.8. The maximum Gasteiger partial charge on any atom is 0.294 e. The first-order valence-corrected chi connectivity index (χ1v) is 10.4. The van der Waals surface area contributed by atoms with Gasteiger partial charge in [-0.1, -0.05) is 18.2 Å². The molecule has 29 heavy (non-hydrogen) atoms. The van der Waals surface area contributed by atoms with Crippen LogP contribution in [0.1, 0.15) is 5.56 Å². The molecule has 1 N–H and O–H groups in total. The van der Waals surface area contributed by atoms with Gasteiger partial charge >= 0.3 is 0 Å². The summed E-state index contributed by atoms with van der Waals surface area (Å²) in [5, 5.41) is 13.2. The SMILES string of the molecule is CSc1cccc(NC(=O)CN2C(=O)S/C(=C/c3ccccc3[N+](=O)[O-])C2=O)c1. The number of amides is 3. The number of nitrogens with zero attached hydrogens (tertiary/aromatic N) is 2.